The van der Waals surface area contributed by atoms with Crippen LogP contribution in [0, 0.1) is 5.82 Å². The molecule has 1 saturated heterocycles. The molecule has 0 saturated carbocycles. The maximum Gasteiger partial charge on any atom is 0.305 e. The predicted octanol–water partition coefficient (Wildman–Crippen LogP) is 1.73. The lowest BCUT2D eigenvalue weighted by atomic mass is 10.1. The standard InChI is InChI=1S/C14H14FN3O3S/c15-8-3-10(13-11(4-8)16-7-17-13)14(21)18-1-2-22-6-9(18)5-12(19)20/h3-4,7,9H,1-2,5-6H2,(H,16,17)(H,19,20). The van der Waals surface area contributed by atoms with Crippen LogP contribution in [-0.4, -0.2) is 55.9 Å². The molecule has 2 N–H and O–H groups in total. The second-order valence-corrected chi connectivity index (χ2v) is 6.23. The molecule has 1 aliphatic rings. The summed E-state index contributed by atoms with van der Waals surface area (Å²) in [4.78, 5) is 32.1. The SMILES string of the molecule is O=C(O)CC1CSCCN1C(=O)c1cc(F)cc2[nH]cnc12. The molecule has 1 aliphatic heterocycles. The summed E-state index contributed by atoms with van der Waals surface area (Å²) in [6.45, 7) is 0.448. The summed E-state index contributed by atoms with van der Waals surface area (Å²) in [7, 11) is 0. The third-order valence-electron chi connectivity index (χ3n) is 3.62. The number of carbonyl (C=O) groups is 2. The van der Waals surface area contributed by atoms with E-state index in [9.17, 15) is 14.0 Å². The van der Waals surface area contributed by atoms with Crippen molar-refractivity contribution >= 4 is 34.7 Å². The molecular formula is C14H14FN3O3S. The van der Waals surface area contributed by atoms with Crippen LogP contribution in [0.15, 0.2) is 18.5 Å². The van der Waals surface area contributed by atoms with Crippen LogP contribution < -0.4 is 0 Å². The minimum Gasteiger partial charge on any atom is -0.481 e. The van der Waals surface area contributed by atoms with Gasteiger partial charge in [-0.05, 0) is 12.1 Å². The van der Waals surface area contributed by atoms with Crippen molar-refractivity contribution < 1.29 is 19.1 Å². The zero-order valence-corrected chi connectivity index (χ0v) is 12.4. The highest BCUT2D eigenvalue weighted by Gasteiger charge is 2.30. The minimum atomic E-state index is -0.950. The number of amides is 1. The van der Waals surface area contributed by atoms with Gasteiger partial charge in [0.2, 0.25) is 0 Å². The number of carboxylic acid groups (broad SMARTS) is 1. The lowest BCUT2D eigenvalue weighted by Gasteiger charge is -2.34. The number of halogens is 1. The van der Waals surface area contributed by atoms with Gasteiger partial charge in [0.25, 0.3) is 5.91 Å². The minimum absolute atomic E-state index is 0.113. The van der Waals surface area contributed by atoms with E-state index < -0.39 is 11.8 Å². The number of rotatable bonds is 3. The molecule has 22 heavy (non-hydrogen) atoms. The summed E-state index contributed by atoms with van der Waals surface area (Å²) >= 11 is 1.62. The van der Waals surface area contributed by atoms with Gasteiger partial charge in [-0.25, -0.2) is 9.37 Å². The Bertz CT molecular complexity index is 733. The van der Waals surface area contributed by atoms with E-state index in [-0.39, 0.29) is 23.9 Å². The molecule has 0 bridgehead atoms. The second-order valence-electron chi connectivity index (χ2n) is 5.08. The van der Waals surface area contributed by atoms with Crippen LogP contribution in [-0.2, 0) is 4.79 Å². The Balaban J connectivity index is 1.96. The molecule has 0 radical (unpaired) electrons. The van der Waals surface area contributed by atoms with E-state index in [0.717, 1.165) is 11.8 Å². The molecule has 2 heterocycles. The first-order valence-corrected chi connectivity index (χ1v) is 7.95. The number of H-pyrrole nitrogens is 1. The van der Waals surface area contributed by atoms with Crippen molar-refractivity contribution in [3.05, 3.63) is 29.8 Å². The Morgan fingerprint density at radius 2 is 2.32 bits per heavy atom. The molecule has 1 unspecified atom stereocenters. The number of hydrogen-bond acceptors (Lipinski definition) is 4. The molecule has 8 heteroatoms. The maximum atomic E-state index is 13.7. The summed E-state index contributed by atoms with van der Waals surface area (Å²) in [6.07, 6.45) is 1.29. The van der Waals surface area contributed by atoms with Gasteiger partial charge < -0.3 is 15.0 Å². The summed E-state index contributed by atoms with van der Waals surface area (Å²) in [5.41, 5.74) is 1.02. The number of carbonyl (C=O) groups excluding carboxylic acids is 1. The molecule has 6 nitrogen and oxygen atoms in total. The van der Waals surface area contributed by atoms with Gasteiger partial charge in [-0.15, -0.1) is 0 Å². The topological polar surface area (TPSA) is 86.3 Å². The number of aromatic amines is 1. The van der Waals surface area contributed by atoms with Crippen LogP contribution in [0.2, 0.25) is 0 Å². The van der Waals surface area contributed by atoms with Gasteiger partial charge in [0.1, 0.15) is 11.3 Å². The van der Waals surface area contributed by atoms with Gasteiger partial charge in [-0.3, -0.25) is 9.59 Å². The van der Waals surface area contributed by atoms with Gasteiger partial charge >= 0.3 is 5.97 Å². The molecule has 2 aromatic rings. The molecular weight excluding hydrogens is 309 g/mol. The monoisotopic (exact) mass is 323 g/mol. The van der Waals surface area contributed by atoms with Crippen LogP contribution in [0.25, 0.3) is 11.0 Å². The largest absolute Gasteiger partial charge is 0.481 e. The molecule has 116 valence electrons. The number of aliphatic carboxylic acids is 1. The van der Waals surface area contributed by atoms with Crippen LogP contribution >= 0.6 is 11.8 Å². The van der Waals surface area contributed by atoms with Crippen molar-refractivity contribution in [3.63, 3.8) is 0 Å². The molecule has 1 fully saturated rings. The van der Waals surface area contributed by atoms with Crippen molar-refractivity contribution in [2.75, 3.05) is 18.1 Å². The fourth-order valence-corrected chi connectivity index (χ4v) is 3.69. The molecule has 1 amide bonds. The normalized spacial score (nSPS) is 18.6. The van der Waals surface area contributed by atoms with E-state index in [1.807, 2.05) is 0 Å². The van der Waals surface area contributed by atoms with Gasteiger partial charge in [0.15, 0.2) is 0 Å². The highest BCUT2D eigenvalue weighted by atomic mass is 32.2. The number of benzene rings is 1. The number of carboxylic acids is 1. The number of nitrogens with one attached hydrogen (secondary N) is 1. The molecule has 0 spiro atoms. The van der Waals surface area contributed by atoms with Gasteiger partial charge in [0.05, 0.1) is 29.9 Å². The first-order chi connectivity index (χ1) is 10.6. The zero-order valence-electron chi connectivity index (χ0n) is 11.6. The van der Waals surface area contributed by atoms with E-state index in [1.165, 1.54) is 17.3 Å². The number of aromatic nitrogens is 2. The average Bonchev–Trinajstić information content (AvgIpc) is 2.93. The fourth-order valence-electron chi connectivity index (χ4n) is 2.63. The van der Waals surface area contributed by atoms with E-state index in [1.54, 1.807) is 11.8 Å². The summed E-state index contributed by atoms with van der Waals surface area (Å²) < 4.78 is 13.7. The highest BCUT2D eigenvalue weighted by molar-refractivity contribution is 7.99. The quantitative estimate of drug-likeness (QED) is 0.898. The van der Waals surface area contributed by atoms with Crippen molar-refractivity contribution in [3.8, 4) is 0 Å². The molecule has 1 aromatic carbocycles. The third-order valence-corrected chi connectivity index (χ3v) is 4.71. The van der Waals surface area contributed by atoms with E-state index >= 15 is 0 Å². The van der Waals surface area contributed by atoms with E-state index in [0.29, 0.717) is 23.3 Å². The van der Waals surface area contributed by atoms with Gasteiger partial charge in [-0.1, -0.05) is 0 Å². The fraction of sp³-hybridized carbons (Fsp3) is 0.357. The van der Waals surface area contributed by atoms with E-state index in [4.69, 9.17) is 5.11 Å². The number of thioether (sulfide) groups is 1. The maximum absolute atomic E-state index is 13.7. The Labute approximate surface area is 129 Å². The molecule has 3 rings (SSSR count). The Morgan fingerprint density at radius 3 is 3.09 bits per heavy atom. The number of hydrogen-bond donors (Lipinski definition) is 2. The Morgan fingerprint density at radius 1 is 1.50 bits per heavy atom. The smallest absolute Gasteiger partial charge is 0.305 e. The first kappa shape index (κ1) is 14.8. The van der Waals surface area contributed by atoms with E-state index in [2.05, 4.69) is 9.97 Å². The lowest BCUT2D eigenvalue weighted by molar-refractivity contribution is -0.138. The number of imidazole rings is 1. The highest BCUT2D eigenvalue weighted by Crippen LogP contribution is 2.24. The Hall–Kier alpha value is -2.09. The van der Waals surface area contributed by atoms with Crippen LogP contribution in [0.3, 0.4) is 0 Å². The first-order valence-electron chi connectivity index (χ1n) is 6.79. The van der Waals surface area contributed by atoms with Crippen LogP contribution in [0.5, 0.6) is 0 Å². The predicted molar refractivity (Wildman–Crippen MR) is 80.5 cm³/mol. The van der Waals surface area contributed by atoms with Crippen molar-refractivity contribution in [2.45, 2.75) is 12.5 Å². The number of fused-ring (bicyclic) bond motifs is 1. The van der Waals surface area contributed by atoms with Gasteiger partial charge in [-0.2, -0.15) is 11.8 Å². The van der Waals surface area contributed by atoms with Crippen molar-refractivity contribution in [1.29, 1.82) is 0 Å². The summed E-state index contributed by atoms with van der Waals surface area (Å²) in [5, 5.41) is 8.99. The van der Waals surface area contributed by atoms with Gasteiger partial charge in [0, 0.05) is 18.1 Å². The molecule has 1 atom stereocenters. The summed E-state index contributed by atoms with van der Waals surface area (Å²) in [5.74, 6) is -0.545. The average molecular weight is 323 g/mol. The molecule has 1 aromatic heterocycles. The van der Waals surface area contributed by atoms with Crippen molar-refractivity contribution in [2.24, 2.45) is 0 Å². The Kier molecular flexibility index (Phi) is 4.02. The zero-order chi connectivity index (χ0) is 15.7. The van der Waals surface area contributed by atoms with Crippen LogP contribution in [0.4, 0.5) is 4.39 Å². The van der Waals surface area contributed by atoms with Crippen molar-refractivity contribution in [1.82, 2.24) is 14.9 Å². The number of nitrogens with zero attached hydrogens (tertiary/aromatic N) is 2. The second kappa shape index (κ2) is 5.96. The molecule has 0 aliphatic carbocycles. The van der Waals surface area contributed by atoms with Crippen LogP contribution in [0.1, 0.15) is 16.8 Å². The summed E-state index contributed by atoms with van der Waals surface area (Å²) in [6, 6.07) is 2.05. The lowest BCUT2D eigenvalue weighted by Crippen LogP contribution is -2.47. The third kappa shape index (κ3) is 2.78.